The van der Waals surface area contributed by atoms with Crippen molar-refractivity contribution < 1.29 is 22.8 Å². The quantitative estimate of drug-likeness (QED) is 0.799. The highest BCUT2D eigenvalue weighted by atomic mass is 19.4. The normalized spacial score (nSPS) is 15.2. The first-order valence-electron chi connectivity index (χ1n) is 7.46. The summed E-state index contributed by atoms with van der Waals surface area (Å²) in [7, 11) is 0. The molecular formula is C17H14F3N3O2. The molecule has 8 heteroatoms. The molecule has 0 unspecified atom stereocenters. The van der Waals surface area contributed by atoms with Crippen molar-refractivity contribution in [3.05, 3.63) is 59.3 Å². The van der Waals surface area contributed by atoms with E-state index in [0.29, 0.717) is 5.56 Å². The average Bonchev–Trinajstić information content (AvgIpc) is 2.81. The van der Waals surface area contributed by atoms with Gasteiger partial charge >= 0.3 is 12.2 Å². The highest BCUT2D eigenvalue weighted by molar-refractivity contribution is 6.19. The SMILES string of the molecule is Cc1ccnc(N2C(=O)CN(Cc3ccc(C(F)(F)F)cc3)C2=O)c1. The summed E-state index contributed by atoms with van der Waals surface area (Å²) in [5.74, 6) is -0.181. The van der Waals surface area contributed by atoms with Crippen LogP contribution in [-0.4, -0.2) is 28.4 Å². The van der Waals surface area contributed by atoms with Crippen LogP contribution in [0.1, 0.15) is 16.7 Å². The molecule has 2 aromatic rings. The lowest BCUT2D eigenvalue weighted by Gasteiger charge is -2.17. The van der Waals surface area contributed by atoms with Gasteiger partial charge in [0.05, 0.1) is 5.56 Å². The molecule has 1 saturated heterocycles. The van der Waals surface area contributed by atoms with Gasteiger partial charge in [0.15, 0.2) is 0 Å². The van der Waals surface area contributed by atoms with E-state index in [2.05, 4.69) is 4.98 Å². The van der Waals surface area contributed by atoms with E-state index >= 15 is 0 Å². The Morgan fingerprint density at radius 2 is 1.80 bits per heavy atom. The van der Waals surface area contributed by atoms with Crippen molar-refractivity contribution in [2.75, 3.05) is 11.4 Å². The number of carbonyl (C=O) groups is 2. The minimum atomic E-state index is -4.41. The zero-order chi connectivity index (χ0) is 18.2. The molecule has 3 rings (SSSR count). The number of urea groups is 1. The van der Waals surface area contributed by atoms with Crippen molar-refractivity contribution in [1.29, 1.82) is 0 Å². The molecule has 0 bridgehead atoms. The Morgan fingerprint density at radius 3 is 2.40 bits per heavy atom. The van der Waals surface area contributed by atoms with Gasteiger partial charge in [0.2, 0.25) is 0 Å². The third-order valence-corrected chi connectivity index (χ3v) is 3.82. The summed E-state index contributed by atoms with van der Waals surface area (Å²) in [5.41, 5.74) is 0.602. The molecule has 1 aromatic carbocycles. The fraction of sp³-hybridized carbons (Fsp3) is 0.235. The number of halogens is 3. The fourth-order valence-electron chi connectivity index (χ4n) is 2.56. The number of pyridine rings is 1. The number of benzene rings is 1. The van der Waals surface area contributed by atoms with E-state index in [9.17, 15) is 22.8 Å². The molecule has 0 saturated carbocycles. The zero-order valence-corrected chi connectivity index (χ0v) is 13.2. The summed E-state index contributed by atoms with van der Waals surface area (Å²) < 4.78 is 37.8. The van der Waals surface area contributed by atoms with Gasteiger partial charge in [-0.25, -0.2) is 14.7 Å². The van der Waals surface area contributed by atoms with Crippen molar-refractivity contribution in [2.45, 2.75) is 19.6 Å². The second-order valence-electron chi connectivity index (χ2n) is 5.75. The number of hydrogen-bond donors (Lipinski definition) is 0. The highest BCUT2D eigenvalue weighted by Gasteiger charge is 2.38. The van der Waals surface area contributed by atoms with E-state index in [1.54, 1.807) is 12.1 Å². The monoisotopic (exact) mass is 349 g/mol. The van der Waals surface area contributed by atoms with Gasteiger partial charge in [-0.2, -0.15) is 13.2 Å². The van der Waals surface area contributed by atoms with Crippen LogP contribution in [0.15, 0.2) is 42.6 Å². The van der Waals surface area contributed by atoms with Crippen LogP contribution < -0.4 is 4.90 Å². The number of hydrogen-bond acceptors (Lipinski definition) is 3. The lowest BCUT2D eigenvalue weighted by molar-refractivity contribution is -0.137. The number of anilines is 1. The highest BCUT2D eigenvalue weighted by Crippen LogP contribution is 2.29. The van der Waals surface area contributed by atoms with E-state index in [1.807, 2.05) is 6.92 Å². The van der Waals surface area contributed by atoms with Gasteiger partial charge in [-0.3, -0.25) is 4.79 Å². The molecule has 0 atom stereocenters. The van der Waals surface area contributed by atoms with Crippen LogP contribution in [0.3, 0.4) is 0 Å². The Bertz CT molecular complexity index is 819. The number of rotatable bonds is 3. The van der Waals surface area contributed by atoms with Crippen LogP contribution in [0.4, 0.5) is 23.8 Å². The molecule has 3 amide bonds. The predicted molar refractivity (Wildman–Crippen MR) is 83.7 cm³/mol. The average molecular weight is 349 g/mol. The maximum Gasteiger partial charge on any atom is 0.416 e. The molecule has 0 radical (unpaired) electrons. The van der Waals surface area contributed by atoms with Crippen LogP contribution in [-0.2, 0) is 17.5 Å². The molecule has 0 N–H and O–H groups in total. The number of alkyl halides is 3. The van der Waals surface area contributed by atoms with Crippen molar-refractivity contribution in [2.24, 2.45) is 0 Å². The molecular weight excluding hydrogens is 335 g/mol. The van der Waals surface area contributed by atoms with Gasteiger partial charge in [-0.1, -0.05) is 12.1 Å². The lowest BCUT2D eigenvalue weighted by atomic mass is 10.1. The van der Waals surface area contributed by atoms with Crippen LogP contribution in [0.5, 0.6) is 0 Å². The minimum Gasteiger partial charge on any atom is -0.310 e. The summed E-state index contributed by atoms with van der Waals surface area (Å²) in [5, 5.41) is 0. The first-order chi connectivity index (χ1) is 11.8. The molecule has 1 aliphatic heterocycles. The molecule has 1 aromatic heterocycles. The second-order valence-corrected chi connectivity index (χ2v) is 5.75. The van der Waals surface area contributed by atoms with E-state index in [0.717, 1.165) is 22.6 Å². The van der Waals surface area contributed by atoms with Gasteiger partial charge in [0, 0.05) is 12.7 Å². The molecule has 25 heavy (non-hydrogen) atoms. The second kappa shape index (κ2) is 6.19. The topological polar surface area (TPSA) is 53.5 Å². The van der Waals surface area contributed by atoms with Gasteiger partial charge in [-0.05, 0) is 42.3 Å². The number of aryl methyl sites for hydroxylation is 1. The molecule has 1 fully saturated rings. The van der Waals surface area contributed by atoms with E-state index in [1.165, 1.54) is 23.2 Å². The Balaban J connectivity index is 1.76. The van der Waals surface area contributed by atoms with Gasteiger partial charge in [0.25, 0.3) is 5.91 Å². The predicted octanol–water partition coefficient (Wildman–Crippen LogP) is 3.38. The standard InChI is InChI=1S/C17H14F3N3O2/c1-11-6-7-21-14(8-11)23-15(24)10-22(16(23)25)9-12-2-4-13(5-3-12)17(18,19)20/h2-8H,9-10H2,1H3. The number of imide groups is 1. The van der Waals surface area contributed by atoms with Crippen molar-refractivity contribution in [3.8, 4) is 0 Å². The van der Waals surface area contributed by atoms with Crippen LogP contribution in [0.2, 0.25) is 0 Å². The molecule has 130 valence electrons. The molecule has 2 heterocycles. The summed E-state index contributed by atoms with van der Waals surface area (Å²) in [6, 6.07) is 7.34. The van der Waals surface area contributed by atoms with Gasteiger partial charge < -0.3 is 4.90 Å². The number of aromatic nitrogens is 1. The Hall–Kier alpha value is -2.90. The number of amides is 3. The van der Waals surface area contributed by atoms with E-state index < -0.39 is 23.7 Å². The minimum absolute atomic E-state index is 0.0467. The molecule has 1 aliphatic rings. The van der Waals surface area contributed by atoms with Crippen molar-refractivity contribution in [1.82, 2.24) is 9.88 Å². The molecule has 0 aliphatic carbocycles. The molecule has 5 nitrogen and oxygen atoms in total. The van der Waals surface area contributed by atoms with Crippen molar-refractivity contribution in [3.63, 3.8) is 0 Å². The maximum atomic E-state index is 12.6. The van der Waals surface area contributed by atoms with Crippen LogP contribution in [0.25, 0.3) is 0 Å². The van der Waals surface area contributed by atoms with E-state index in [-0.39, 0.29) is 18.9 Å². The summed E-state index contributed by atoms with van der Waals surface area (Å²) in [4.78, 5) is 30.9. The fourth-order valence-corrected chi connectivity index (χ4v) is 2.56. The zero-order valence-electron chi connectivity index (χ0n) is 13.2. The maximum absolute atomic E-state index is 12.6. The first kappa shape index (κ1) is 16.9. The summed E-state index contributed by atoms with van der Waals surface area (Å²) >= 11 is 0. The number of nitrogens with zero attached hydrogens (tertiary/aromatic N) is 3. The van der Waals surface area contributed by atoms with Crippen molar-refractivity contribution >= 4 is 17.8 Å². The largest absolute Gasteiger partial charge is 0.416 e. The Morgan fingerprint density at radius 1 is 1.12 bits per heavy atom. The molecule has 0 spiro atoms. The third-order valence-electron chi connectivity index (χ3n) is 3.82. The van der Waals surface area contributed by atoms with Crippen LogP contribution >= 0.6 is 0 Å². The lowest BCUT2D eigenvalue weighted by Crippen LogP contribution is -2.33. The smallest absolute Gasteiger partial charge is 0.310 e. The Kier molecular flexibility index (Phi) is 4.20. The van der Waals surface area contributed by atoms with Gasteiger partial charge in [-0.15, -0.1) is 0 Å². The summed E-state index contributed by atoms with van der Waals surface area (Å²) in [6.45, 7) is 1.72. The van der Waals surface area contributed by atoms with E-state index in [4.69, 9.17) is 0 Å². The van der Waals surface area contributed by atoms with Crippen LogP contribution in [0, 0.1) is 6.92 Å². The van der Waals surface area contributed by atoms with Gasteiger partial charge in [0.1, 0.15) is 12.4 Å². The third kappa shape index (κ3) is 3.47. The Labute approximate surface area is 141 Å². The first-order valence-corrected chi connectivity index (χ1v) is 7.46. The number of carbonyl (C=O) groups excluding carboxylic acids is 2. The summed E-state index contributed by atoms with van der Waals surface area (Å²) in [6.07, 6.45) is -2.91.